The van der Waals surface area contributed by atoms with Crippen LogP contribution in [0.3, 0.4) is 0 Å². The molecule has 0 unspecified atom stereocenters. The topological polar surface area (TPSA) is 54.4 Å². The van der Waals surface area contributed by atoms with Gasteiger partial charge < -0.3 is 5.11 Å². The summed E-state index contributed by atoms with van der Waals surface area (Å²) in [5.41, 5.74) is 0.671. The third kappa shape index (κ3) is 6.41. The first-order chi connectivity index (χ1) is 12.6. The molecule has 146 valence electrons. The number of carboxylic acid groups (broad SMARTS) is 1. The second-order valence-corrected chi connectivity index (χ2v) is 8.40. The van der Waals surface area contributed by atoms with E-state index in [1.165, 1.54) is 64.2 Å². The van der Waals surface area contributed by atoms with E-state index in [0.717, 1.165) is 6.42 Å². The molecule has 2 atom stereocenters. The van der Waals surface area contributed by atoms with E-state index in [0.29, 0.717) is 23.7 Å². The molecule has 3 nitrogen and oxygen atoms in total. The van der Waals surface area contributed by atoms with Crippen LogP contribution in [0.5, 0.6) is 0 Å². The monoisotopic (exact) mass is 360 g/mol. The third-order valence-electron chi connectivity index (χ3n) is 6.52. The summed E-state index contributed by atoms with van der Waals surface area (Å²) in [6.07, 6.45) is 24.3. The highest BCUT2D eigenvalue weighted by atomic mass is 16.4. The molecule has 2 saturated carbocycles. The lowest BCUT2D eigenvalue weighted by Gasteiger charge is -2.42. The smallest absolute Gasteiger partial charge is 0.372 e. The van der Waals surface area contributed by atoms with Gasteiger partial charge in [0.2, 0.25) is 5.78 Å². The standard InChI is InChI=1S/C23H36O3/c1-2-15-23(17-9-18-23)16-7-6-11-20-13-8-12-19(20)10-4-3-5-14-21(24)22(25)26/h3-4,6,11,19-20H,2,5,7-10,12-18H2,1H3,(H,25,26)/t19-,20-/m0/s1. The fourth-order valence-electron chi connectivity index (χ4n) is 4.81. The van der Waals surface area contributed by atoms with Crippen LogP contribution < -0.4 is 0 Å². The van der Waals surface area contributed by atoms with Gasteiger partial charge in [-0.05, 0) is 75.0 Å². The van der Waals surface area contributed by atoms with Crippen LogP contribution in [0.15, 0.2) is 24.3 Å². The molecule has 26 heavy (non-hydrogen) atoms. The summed E-state index contributed by atoms with van der Waals surface area (Å²) in [5, 5.41) is 8.57. The fourth-order valence-corrected chi connectivity index (χ4v) is 4.81. The Balaban J connectivity index is 1.67. The Labute approximate surface area is 158 Å². The maximum Gasteiger partial charge on any atom is 0.372 e. The van der Waals surface area contributed by atoms with E-state index in [9.17, 15) is 9.59 Å². The van der Waals surface area contributed by atoms with Gasteiger partial charge in [0.05, 0.1) is 0 Å². The van der Waals surface area contributed by atoms with E-state index < -0.39 is 11.8 Å². The molecule has 0 amide bonds. The van der Waals surface area contributed by atoms with Crippen LogP contribution in [0.2, 0.25) is 0 Å². The summed E-state index contributed by atoms with van der Waals surface area (Å²) >= 11 is 0. The Morgan fingerprint density at radius 1 is 1.04 bits per heavy atom. The van der Waals surface area contributed by atoms with Gasteiger partial charge in [-0.15, -0.1) is 0 Å². The normalized spacial score (nSPS) is 25.0. The quantitative estimate of drug-likeness (QED) is 0.338. The Morgan fingerprint density at radius 2 is 1.85 bits per heavy atom. The summed E-state index contributed by atoms with van der Waals surface area (Å²) < 4.78 is 0. The van der Waals surface area contributed by atoms with Gasteiger partial charge >= 0.3 is 5.97 Å². The number of ketones is 1. The van der Waals surface area contributed by atoms with Crippen molar-refractivity contribution in [1.82, 2.24) is 0 Å². The highest BCUT2D eigenvalue weighted by Crippen LogP contribution is 2.48. The van der Waals surface area contributed by atoms with Crippen molar-refractivity contribution in [2.75, 3.05) is 0 Å². The number of aliphatic carboxylic acids is 1. The molecule has 2 rings (SSSR count). The van der Waals surface area contributed by atoms with E-state index in [1.54, 1.807) is 0 Å². The van der Waals surface area contributed by atoms with Gasteiger partial charge in [0.1, 0.15) is 0 Å². The number of hydrogen-bond donors (Lipinski definition) is 1. The molecule has 0 heterocycles. The SMILES string of the molecule is CCCC1(CCC=C[C@H]2CCC[C@@H]2CC=CCCC(=O)C(=O)O)CCC1. The van der Waals surface area contributed by atoms with E-state index in [1.807, 2.05) is 6.08 Å². The number of Topliss-reactive ketones (excluding diaryl/α,β-unsaturated/α-hetero) is 1. The summed E-state index contributed by atoms with van der Waals surface area (Å²) in [6, 6.07) is 0. The van der Waals surface area contributed by atoms with Crippen molar-refractivity contribution in [2.45, 2.75) is 90.4 Å². The lowest BCUT2D eigenvalue weighted by atomic mass is 9.63. The van der Waals surface area contributed by atoms with Crippen molar-refractivity contribution in [3.8, 4) is 0 Å². The molecular formula is C23H36O3. The number of hydrogen-bond acceptors (Lipinski definition) is 2. The van der Waals surface area contributed by atoms with Crippen molar-refractivity contribution < 1.29 is 14.7 Å². The first-order valence-corrected chi connectivity index (χ1v) is 10.6. The molecule has 2 aliphatic rings. The van der Waals surface area contributed by atoms with Gasteiger partial charge in [0, 0.05) is 6.42 Å². The predicted molar refractivity (Wildman–Crippen MR) is 106 cm³/mol. The number of allylic oxidation sites excluding steroid dienone is 4. The van der Waals surface area contributed by atoms with Crippen LogP contribution in [0.4, 0.5) is 0 Å². The lowest BCUT2D eigenvalue weighted by molar-refractivity contribution is -0.149. The first-order valence-electron chi connectivity index (χ1n) is 10.6. The van der Waals surface area contributed by atoms with Gasteiger partial charge in [0.25, 0.3) is 0 Å². The molecular weight excluding hydrogens is 324 g/mol. The molecule has 0 bridgehead atoms. The van der Waals surface area contributed by atoms with Gasteiger partial charge in [-0.2, -0.15) is 0 Å². The van der Waals surface area contributed by atoms with Crippen LogP contribution in [-0.4, -0.2) is 16.9 Å². The summed E-state index contributed by atoms with van der Waals surface area (Å²) in [6.45, 7) is 2.31. The van der Waals surface area contributed by atoms with Gasteiger partial charge in [0.15, 0.2) is 0 Å². The van der Waals surface area contributed by atoms with E-state index in [2.05, 4.69) is 25.2 Å². The van der Waals surface area contributed by atoms with Gasteiger partial charge in [-0.1, -0.05) is 50.5 Å². The van der Waals surface area contributed by atoms with E-state index in [4.69, 9.17) is 5.11 Å². The summed E-state index contributed by atoms with van der Waals surface area (Å²) in [7, 11) is 0. The molecule has 1 N–H and O–H groups in total. The zero-order valence-corrected chi connectivity index (χ0v) is 16.4. The molecule has 0 aromatic carbocycles. The van der Waals surface area contributed by atoms with Crippen molar-refractivity contribution in [1.29, 1.82) is 0 Å². The van der Waals surface area contributed by atoms with Crippen molar-refractivity contribution in [3.05, 3.63) is 24.3 Å². The molecule has 0 radical (unpaired) electrons. The molecule has 0 aromatic rings. The van der Waals surface area contributed by atoms with Crippen LogP contribution in [0.1, 0.15) is 90.4 Å². The lowest BCUT2D eigenvalue weighted by Crippen LogP contribution is -2.28. The fraction of sp³-hybridized carbons (Fsp3) is 0.739. The minimum absolute atomic E-state index is 0.110. The molecule has 2 fully saturated rings. The van der Waals surface area contributed by atoms with Gasteiger partial charge in [-0.25, -0.2) is 4.79 Å². The van der Waals surface area contributed by atoms with E-state index >= 15 is 0 Å². The van der Waals surface area contributed by atoms with Crippen molar-refractivity contribution in [2.24, 2.45) is 17.3 Å². The molecule has 0 aromatic heterocycles. The maximum absolute atomic E-state index is 11.1. The summed E-state index contributed by atoms with van der Waals surface area (Å²) in [5.74, 6) is -0.597. The highest BCUT2D eigenvalue weighted by Gasteiger charge is 2.34. The Morgan fingerprint density at radius 3 is 2.50 bits per heavy atom. The average Bonchev–Trinajstić information content (AvgIpc) is 3.03. The second kappa shape index (κ2) is 10.7. The Hall–Kier alpha value is -1.38. The maximum atomic E-state index is 11.1. The molecule has 0 saturated heterocycles. The van der Waals surface area contributed by atoms with Gasteiger partial charge in [-0.3, -0.25) is 4.79 Å². The first kappa shape index (κ1) is 20.9. The minimum Gasteiger partial charge on any atom is -0.476 e. The summed E-state index contributed by atoms with van der Waals surface area (Å²) in [4.78, 5) is 21.5. The number of carboxylic acids is 1. The Kier molecular flexibility index (Phi) is 8.61. The number of carbonyl (C=O) groups is 2. The molecule has 0 aliphatic heterocycles. The predicted octanol–water partition coefficient (Wildman–Crippen LogP) is 6.09. The highest BCUT2D eigenvalue weighted by molar-refractivity contribution is 6.32. The second-order valence-electron chi connectivity index (χ2n) is 8.40. The van der Waals surface area contributed by atoms with Crippen molar-refractivity contribution in [3.63, 3.8) is 0 Å². The largest absolute Gasteiger partial charge is 0.476 e. The average molecular weight is 361 g/mol. The third-order valence-corrected chi connectivity index (χ3v) is 6.52. The molecule has 0 spiro atoms. The van der Waals surface area contributed by atoms with Crippen LogP contribution in [-0.2, 0) is 9.59 Å². The van der Waals surface area contributed by atoms with Crippen LogP contribution in [0.25, 0.3) is 0 Å². The molecule has 3 heteroatoms. The number of rotatable bonds is 12. The van der Waals surface area contributed by atoms with Crippen LogP contribution >= 0.6 is 0 Å². The zero-order chi connectivity index (χ0) is 18.8. The van der Waals surface area contributed by atoms with Crippen LogP contribution in [0, 0.1) is 17.3 Å². The van der Waals surface area contributed by atoms with Crippen molar-refractivity contribution >= 4 is 11.8 Å². The zero-order valence-electron chi connectivity index (χ0n) is 16.4. The van der Waals surface area contributed by atoms with E-state index in [-0.39, 0.29) is 6.42 Å². The Bertz CT molecular complexity index is 514. The minimum atomic E-state index is -1.32. The number of carbonyl (C=O) groups excluding carboxylic acids is 1. The molecule has 2 aliphatic carbocycles.